The second-order valence-electron chi connectivity index (χ2n) is 4.65. The number of unbranched alkanes of at least 4 members (excludes halogenated alkanes) is 4. The standard InChI is InChI=1S/C15H26N2O/c1-17(13-9-5-3-4-8-12-16)14-10-6-7-11-15(14)18-2/h6-7,10-11H,3-5,8-9,12-13,16H2,1-2H3. The van der Waals surface area contributed by atoms with Crippen molar-refractivity contribution in [3.63, 3.8) is 0 Å². The predicted molar refractivity (Wildman–Crippen MR) is 78.4 cm³/mol. The minimum Gasteiger partial charge on any atom is -0.495 e. The van der Waals surface area contributed by atoms with Crippen LogP contribution >= 0.6 is 0 Å². The van der Waals surface area contributed by atoms with Gasteiger partial charge in [0.15, 0.2) is 0 Å². The molecule has 0 aliphatic carbocycles. The van der Waals surface area contributed by atoms with Gasteiger partial charge in [0.2, 0.25) is 0 Å². The number of anilines is 1. The molecule has 0 radical (unpaired) electrons. The van der Waals surface area contributed by atoms with Crippen molar-refractivity contribution in [3.05, 3.63) is 24.3 Å². The van der Waals surface area contributed by atoms with E-state index in [1.807, 2.05) is 12.1 Å². The SMILES string of the molecule is COc1ccccc1N(C)CCCCCCCN. The largest absolute Gasteiger partial charge is 0.495 e. The summed E-state index contributed by atoms with van der Waals surface area (Å²) in [4.78, 5) is 2.27. The molecule has 0 fully saturated rings. The third kappa shape index (κ3) is 4.96. The average molecular weight is 250 g/mol. The van der Waals surface area contributed by atoms with Crippen LogP contribution in [-0.2, 0) is 0 Å². The molecule has 0 amide bonds. The van der Waals surface area contributed by atoms with Crippen LogP contribution < -0.4 is 15.4 Å². The smallest absolute Gasteiger partial charge is 0.142 e. The van der Waals surface area contributed by atoms with E-state index in [0.717, 1.165) is 25.3 Å². The monoisotopic (exact) mass is 250 g/mol. The van der Waals surface area contributed by atoms with E-state index < -0.39 is 0 Å². The van der Waals surface area contributed by atoms with E-state index >= 15 is 0 Å². The highest BCUT2D eigenvalue weighted by molar-refractivity contribution is 5.57. The van der Waals surface area contributed by atoms with Crippen molar-refractivity contribution in [1.29, 1.82) is 0 Å². The molecule has 2 N–H and O–H groups in total. The van der Waals surface area contributed by atoms with Crippen LogP contribution in [0.4, 0.5) is 5.69 Å². The Kier molecular flexibility index (Phi) is 7.26. The maximum Gasteiger partial charge on any atom is 0.142 e. The Morgan fingerprint density at radius 1 is 1.06 bits per heavy atom. The summed E-state index contributed by atoms with van der Waals surface area (Å²) in [6.07, 6.45) is 6.20. The number of hydrogen-bond acceptors (Lipinski definition) is 3. The first-order valence-electron chi connectivity index (χ1n) is 6.84. The molecule has 102 valence electrons. The van der Waals surface area contributed by atoms with Crippen molar-refractivity contribution < 1.29 is 4.74 Å². The zero-order valence-corrected chi connectivity index (χ0v) is 11.7. The lowest BCUT2D eigenvalue weighted by atomic mass is 10.1. The number of rotatable bonds is 9. The summed E-state index contributed by atoms with van der Waals surface area (Å²) in [5.41, 5.74) is 6.65. The van der Waals surface area contributed by atoms with Crippen LogP contribution in [0.1, 0.15) is 32.1 Å². The Hall–Kier alpha value is -1.22. The van der Waals surface area contributed by atoms with Crippen LogP contribution in [0, 0.1) is 0 Å². The first kappa shape index (κ1) is 14.8. The van der Waals surface area contributed by atoms with Gasteiger partial charge < -0.3 is 15.4 Å². The molecule has 0 heterocycles. The lowest BCUT2D eigenvalue weighted by Gasteiger charge is -2.21. The van der Waals surface area contributed by atoms with Gasteiger partial charge in [0, 0.05) is 13.6 Å². The van der Waals surface area contributed by atoms with Crippen molar-refractivity contribution in [2.75, 3.05) is 32.1 Å². The fraction of sp³-hybridized carbons (Fsp3) is 0.600. The number of hydrogen-bond donors (Lipinski definition) is 1. The van der Waals surface area contributed by atoms with Crippen molar-refractivity contribution in [2.45, 2.75) is 32.1 Å². The van der Waals surface area contributed by atoms with Gasteiger partial charge in [-0.15, -0.1) is 0 Å². The lowest BCUT2D eigenvalue weighted by Crippen LogP contribution is -2.19. The van der Waals surface area contributed by atoms with E-state index in [2.05, 4.69) is 24.1 Å². The quantitative estimate of drug-likeness (QED) is 0.685. The van der Waals surface area contributed by atoms with Gasteiger partial charge in [-0.25, -0.2) is 0 Å². The van der Waals surface area contributed by atoms with E-state index in [4.69, 9.17) is 10.5 Å². The molecule has 1 rings (SSSR count). The van der Waals surface area contributed by atoms with E-state index in [0.29, 0.717) is 0 Å². The zero-order chi connectivity index (χ0) is 13.2. The molecule has 3 nitrogen and oxygen atoms in total. The van der Waals surface area contributed by atoms with Crippen LogP contribution in [-0.4, -0.2) is 27.2 Å². The Morgan fingerprint density at radius 3 is 2.44 bits per heavy atom. The van der Waals surface area contributed by atoms with Crippen LogP contribution in [0.3, 0.4) is 0 Å². The van der Waals surface area contributed by atoms with Crippen LogP contribution in [0.25, 0.3) is 0 Å². The molecule has 0 saturated heterocycles. The molecule has 0 saturated carbocycles. The minimum atomic E-state index is 0.821. The van der Waals surface area contributed by atoms with Gasteiger partial charge in [0.05, 0.1) is 12.8 Å². The molecule has 0 spiro atoms. The van der Waals surface area contributed by atoms with E-state index in [-0.39, 0.29) is 0 Å². The molecule has 0 aromatic heterocycles. The van der Waals surface area contributed by atoms with Gasteiger partial charge in [0.1, 0.15) is 5.75 Å². The van der Waals surface area contributed by atoms with Crippen molar-refractivity contribution in [1.82, 2.24) is 0 Å². The Morgan fingerprint density at radius 2 is 1.72 bits per heavy atom. The Balaban J connectivity index is 2.29. The second kappa shape index (κ2) is 8.81. The van der Waals surface area contributed by atoms with Gasteiger partial charge in [0.25, 0.3) is 0 Å². The Labute approximate surface area is 111 Å². The zero-order valence-electron chi connectivity index (χ0n) is 11.7. The summed E-state index contributed by atoms with van der Waals surface area (Å²) in [5.74, 6) is 0.947. The van der Waals surface area contributed by atoms with Gasteiger partial charge in [-0.05, 0) is 31.5 Å². The summed E-state index contributed by atoms with van der Waals surface area (Å²) in [5, 5.41) is 0. The fourth-order valence-electron chi connectivity index (χ4n) is 2.09. The summed E-state index contributed by atoms with van der Waals surface area (Å²) in [6, 6.07) is 8.17. The molecule has 0 atom stereocenters. The summed E-state index contributed by atoms with van der Waals surface area (Å²) >= 11 is 0. The number of para-hydroxylation sites is 2. The van der Waals surface area contributed by atoms with Crippen molar-refractivity contribution in [2.24, 2.45) is 5.73 Å². The third-order valence-corrected chi connectivity index (χ3v) is 3.19. The van der Waals surface area contributed by atoms with Crippen LogP contribution in [0.2, 0.25) is 0 Å². The molecule has 0 bridgehead atoms. The molecule has 0 unspecified atom stereocenters. The minimum absolute atomic E-state index is 0.821. The molecule has 18 heavy (non-hydrogen) atoms. The fourth-order valence-corrected chi connectivity index (χ4v) is 2.09. The number of methoxy groups -OCH3 is 1. The highest BCUT2D eigenvalue weighted by Gasteiger charge is 2.06. The molecule has 1 aromatic carbocycles. The molecule has 3 heteroatoms. The molecule has 1 aromatic rings. The Bertz CT molecular complexity index is 328. The second-order valence-corrected chi connectivity index (χ2v) is 4.65. The molecular formula is C15H26N2O. The number of ether oxygens (including phenoxy) is 1. The summed E-state index contributed by atoms with van der Waals surface area (Å²) < 4.78 is 5.37. The van der Waals surface area contributed by atoms with Gasteiger partial charge in [-0.2, -0.15) is 0 Å². The van der Waals surface area contributed by atoms with E-state index in [1.165, 1.54) is 31.4 Å². The van der Waals surface area contributed by atoms with Crippen molar-refractivity contribution in [3.8, 4) is 5.75 Å². The van der Waals surface area contributed by atoms with E-state index in [1.54, 1.807) is 7.11 Å². The van der Waals surface area contributed by atoms with Gasteiger partial charge in [-0.1, -0.05) is 31.4 Å². The number of nitrogens with zero attached hydrogens (tertiary/aromatic N) is 1. The summed E-state index contributed by atoms with van der Waals surface area (Å²) in [7, 11) is 3.84. The number of benzene rings is 1. The molecule has 0 aliphatic rings. The average Bonchev–Trinajstić information content (AvgIpc) is 2.42. The third-order valence-electron chi connectivity index (χ3n) is 3.19. The molecular weight excluding hydrogens is 224 g/mol. The summed E-state index contributed by atoms with van der Waals surface area (Å²) in [6.45, 7) is 1.89. The first-order valence-corrected chi connectivity index (χ1v) is 6.84. The predicted octanol–water partition coefficient (Wildman–Crippen LogP) is 3.04. The molecule has 0 aliphatic heterocycles. The first-order chi connectivity index (χ1) is 8.79. The van der Waals surface area contributed by atoms with Crippen LogP contribution in [0.5, 0.6) is 5.75 Å². The number of nitrogens with two attached hydrogens (primary N) is 1. The van der Waals surface area contributed by atoms with Gasteiger partial charge >= 0.3 is 0 Å². The van der Waals surface area contributed by atoms with Crippen LogP contribution in [0.15, 0.2) is 24.3 Å². The topological polar surface area (TPSA) is 38.5 Å². The maximum absolute atomic E-state index is 5.48. The van der Waals surface area contributed by atoms with E-state index in [9.17, 15) is 0 Å². The normalized spacial score (nSPS) is 10.4. The van der Waals surface area contributed by atoms with Gasteiger partial charge in [-0.3, -0.25) is 0 Å². The lowest BCUT2D eigenvalue weighted by molar-refractivity contribution is 0.414. The highest BCUT2D eigenvalue weighted by atomic mass is 16.5. The van der Waals surface area contributed by atoms with Crippen molar-refractivity contribution >= 4 is 5.69 Å². The maximum atomic E-state index is 5.48. The highest BCUT2D eigenvalue weighted by Crippen LogP contribution is 2.26.